The van der Waals surface area contributed by atoms with Crippen LogP contribution in [0.1, 0.15) is 32.6 Å². The van der Waals surface area contributed by atoms with E-state index < -0.39 is 0 Å². The van der Waals surface area contributed by atoms with E-state index in [9.17, 15) is 0 Å². The van der Waals surface area contributed by atoms with Gasteiger partial charge in [-0.3, -0.25) is 5.41 Å². The Labute approximate surface area is 80.6 Å². The van der Waals surface area contributed by atoms with Crippen LogP contribution in [0.3, 0.4) is 0 Å². The minimum absolute atomic E-state index is 0.339. The molecule has 0 aromatic rings. The average Bonchev–Trinajstić information content (AvgIpc) is 2.18. The molecule has 1 atom stereocenters. The number of methoxy groups -OCH3 is 1. The lowest BCUT2D eigenvalue weighted by Gasteiger charge is -2.33. The molecule has 1 aliphatic rings. The third-order valence-electron chi connectivity index (χ3n) is 2.58. The van der Waals surface area contributed by atoms with E-state index in [2.05, 4.69) is 11.8 Å². The number of nitrogens with one attached hydrogen (secondary N) is 1. The molecule has 3 heteroatoms. The fourth-order valence-corrected chi connectivity index (χ4v) is 1.77. The second kappa shape index (κ2) is 5.22. The smallest absolute Gasteiger partial charge is 0.0958 e. The Morgan fingerprint density at radius 3 is 3.00 bits per heavy atom. The highest BCUT2D eigenvalue weighted by Crippen LogP contribution is 2.13. The number of likely N-dealkylation sites (tertiary alicyclic amines) is 1. The fraction of sp³-hybridized carbons (Fsp3) is 0.900. The Bertz CT molecular complexity index is 170. The highest BCUT2D eigenvalue weighted by Gasteiger charge is 2.20. The molecule has 1 rings (SSSR count). The van der Waals surface area contributed by atoms with Crippen molar-refractivity contribution in [2.75, 3.05) is 20.2 Å². The standard InChI is InChI=1S/C10H20N2O/c1-3-5-10(11)12-7-4-6-9(8-12)13-2/h9,11H,3-8H2,1-2H3. The predicted molar refractivity (Wildman–Crippen MR) is 54.2 cm³/mol. The quantitative estimate of drug-likeness (QED) is 0.537. The maximum absolute atomic E-state index is 7.82. The second-order valence-corrected chi connectivity index (χ2v) is 3.64. The molecule has 3 nitrogen and oxygen atoms in total. The van der Waals surface area contributed by atoms with Crippen LogP contribution in [-0.2, 0) is 4.74 Å². The molecule has 1 N–H and O–H groups in total. The van der Waals surface area contributed by atoms with Crippen LogP contribution in [-0.4, -0.2) is 37.0 Å². The van der Waals surface area contributed by atoms with Gasteiger partial charge in [-0.1, -0.05) is 6.92 Å². The monoisotopic (exact) mass is 184 g/mol. The molecule has 0 aromatic heterocycles. The van der Waals surface area contributed by atoms with Crippen molar-refractivity contribution in [1.29, 1.82) is 5.41 Å². The van der Waals surface area contributed by atoms with Crippen molar-refractivity contribution in [2.45, 2.75) is 38.7 Å². The molecular weight excluding hydrogens is 164 g/mol. The Balaban J connectivity index is 2.37. The summed E-state index contributed by atoms with van der Waals surface area (Å²) in [6, 6.07) is 0. The van der Waals surface area contributed by atoms with Gasteiger partial charge in [0.1, 0.15) is 0 Å². The molecule has 1 heterocycles. The van der Waals surface area contributed by atoms with Gasteiger partial charge in [-0.15, -0.1) is 0 Å². The van der Waals surface area contributed by atoms with Gasteiger partial charge < -0.3 is 9.64 Å². The molecule has 0 amide bonds. The van der Waals surface area contributed by atoms with Gasteiger partial charge >= 0.3 is 0 Å². The molecule has 0 aromatic carbocycles. The molecule has 1 unspecified atom stereocenters. The van der Waals surface area contributed by atoms with Gasteiger partial charge in [0, 0.05) is 26.6 Å². The minimum Gasteiger partial charge on any atom is -0.380 e. The number of amidine groups is 1. The van der Waals surface area contributed by atoms with Gasteiger partial charge in [0.2, 0.25) is 0 Å². The summed E-state index contributed by atoms with van der Waals surface area (Å²) in [7, 11) is 1.76. The van der Waals surface area contributed by atoms with Crippen LogP contribution < -0.4 is 0 Å². The number of rotatable bonds is 3. The summed E-state index contributed by atoms with van der Waals surface area (Å²) in [5, 5.41) is 7.82. The molecule has 1 fully saturated rings. The van der Waals surface area contributed by atoms with Crippen molar-refractivity contribution >= 4 is 5.84 Å². The molecule has 1 aliphatic heterocycles. The lowest BCUT2D eigenvalue weighted by Crippen LogP contribution is -2.42. The maximum Gasteiger partial charge on any atom is 0.0958 e. The van der Waals surface area contributed by atoms with Crippen molar-refractivity contribution < 1.29 is 4.74 Å². The van der Waals surface area contributed by atoms with E-state index in [1.165, 1.54) is 0 Å². The van der Waals surface area contributed by atoms with E-state index in [1.807, 2.05) is 0 Å². The second-order valence-electron chi connectivity index (χ2n) is 3.64. The molecular formula is C10H20N2O. The SMILES string of the molecule is CCCC(=N)N1CCCC(OC)C1. The zero-order chi connectivity index (χ0) is 9.68. The van der Waals surface area contributed by atoms with Gasteiger partial charge in [0.25, 0.3) is 0 Å². The van der Waals surface area contributed by atoms with Crippen LogP contribution in [0, 0.1) is 5.41 Å². The Morgan fingerprint density at radius 1 is 1.62 bits per heavy atom. The van der Waals surface area contributed by atoms with E-state index in [-0.39, 0.29) is 0 Å². The molecule has 0 spiro atoms. The van der Waals surface area contributed by atoms with Gasteiger partial charge in [-0.05, 0) is 19.3 Å². The van der Waals surface area contributed by atoms with Crippen LogP contribution in [0.4, 0.5) is 0 Å². The van der Waals surface area contributed by atoms with Crippen molar-refractivity contribution in [1.82, 2.24) is 4.90 Å². The van der Waals surface area contributed by atoms with Crippen LogP contribution >= 0.6 is 0 Å². The zero-order valence-corrected chi connectivity index (χ0v) is 8.68. The highest BCUT2D eigenvalue weighted by molar-refractivity contribution is 5.79. The summed E-state index contributed by atoms with van der Waals surface area (Å²) in [5.41, 5.74) is 0. The number of nitrogens with zero attached hydrogens (tertiary/aromatic N) is 1. The first-order valence-corrected chi connectivity index (χ1v) is 5.13. The van der Waals surface area contributed by atoms with E-state index >= 15 is 0 Å². The molecule has 0 aliphatic carbocycles. The topological polar surface area (TPSA) is 36.3 Å². The molecule has 76 valence electrons. The van der Waals surface area contributed by atoms with E-state index in [0.29, 0.717) is 6.10 Å². The number of hydrogen-bond acceptors (Lipinski definition) is 2. The highest BCUT2D eigenvalue weighted by atomic mass is 16.5. The van der Waals surface area contributed by atoms with Gasteiger partial charge in [0.15, 0.2) is 0 Å². The first-order chi connectivity index (χ1) is 6.27. The fourth-order valence-electron chi connectivity index (χ4n) is 1.77. The molecule has 0 radical (unpaired) electrons. The van der Waals surface area contributed by atoms with Crippen LogP contribution in [0.25, 0.3) is 0 Å². The van der Waals surface area contributed by atoms with Crippen LogP contribution in [0.2, 0.25) is 0 Å². The van der Waals surface area contributed by atoms with Gasteiger partial charge in [-0.25, -0.2) is 0 Å². The maximum atomic E-state index is 7.82. The molecule has 0 bridgehead atoms. The van der Waals surface area contributed by atoms with E-state index in [4.69, 9.17) is 10.1 Å². The number of ether oxygens (including phenoxy) is 1. The van der Waals surface area contributed by atoms with Crippen molar-refractivity contribution in [3.8, 4) is 0 Å². The van der Waals surface area contributed by atoms with E-state index in [1.54, 1.807) is 7.11 Å². The lowest BCUT2D eigenvalue weighted by molar-refractivity contribution is 0.0528. The Morgan fingerprint density at radius 2 is 2.38 bits per heavy atom. The summed E-state index contributed by atoms with van der Waals surface area (Å²) in [4.78, 5) is 2.15. The summed E-state index contributed by atoms with van der Waals surface area (Å²) in [6.07, 6.45) is 4.60. The Kier molecular flexibility index (Phi) is 4.22. The molecule has 13 heavy (non-hydrogen) atoms. The van der Waals surface area contributed by atoms with Crippen molar-refractivity contribution in [2.24, 2.45) is 0 Å². The molecule has 1 saturated heterocycles. The third-order valence-corrected chi connectivity index (χ3v) is 2.58. The van der Waals surface area contributed by atoms with Crippen molar-refractivity contribution in [3.05, 3.63) is 0 Å². The first kappa shape index (κ1) is 10.5. The Hall–Kier alpha value is -0.570. The normalized spacial score (nSPS) is 23.2. The number of piperidine rings is 1. The summed E-state index contributed by atoms with van der Waals surface area (Å²) in [5.74, 6) is 0.782. The van der Waals surface area contributed by atoms with Gasteiger partial charge in [0.05, 0.1) is 11.9 Å². The largest absolute Gasteiger partial charge is 0.380 e. The third kappa shape index (κ3) is 2.99. The number of hydrogen-bond donors (Lipinski definition) is 1. The zero-order valence-electron chi connectivity index (χ0n) is 8.68. The summed E-state index contributed by atoms with van der Waals surface area (Å²) in [6.45, 7) is 4.07. The van der Waals surface area contributed by atoms with Crippen LogP contribution in [0.15, 0.2) is 0 Å². The van der Waals surface area contributed by atoms with Crippen molar-refractivity contribution in [3.63, 3.8) is 0 Å². The lowest BCUT2D eigenvalue weighted by atomic mass is 10.1. The molecule has 0 saturated carbocycles. The average molecular weight is 184 g/mol. The van der Waals surface area contributed by atoms with Gasteiger partial charge in [-0.2, -0.15) is 0 Å². The van der Waals surface area contributed by atoms with E-state index in [0.717, 1.165) is 44.6 Å². The first-order valence-electron chi connectivity index (χ1n) is 5.13. The summed E-state index contributed by atoms with van der Waals surface area (Å²) >= 11 is 0. The predicted octanol–water partition coefficient (Wildman–Crippen LogP) is 1.87. The van der Waals surface area contributed by atoms with Crippen LogP contribution in [0.5, 0.6) is 0 Å². The summed E-state index contributed by atoms with van der Waals surface area (Å²) < 4.78 is 5.31. The minimum atomic E-state index is 0.339.